The largest absolute Gasteiger partial charge is 0.370 e. The summed E-state index contributed by atoms with van der Waals surface area (Å²) in [5.41, 5.74) is 4.47. The molecule has 0 saturated heterocycles. The fourth-order valence-corrected chi connectivity index (χ4v) is 5.02. The number of nitrogens with zero attached hydrogens (tertiary/aromatic N) is 1. The van der Waals surface area contributed by atoms with Crippen molar-refractivity contribution in [2.75, 3.05) is 17.2 Å². The minimum absolute atomic E-state index is 0.232. The minimum Gasteiger partial charge on any atom is -0.370 e. The number of aromatic nitrogens is 1. The fourth-order valence-electron chi connectivity index (χ4n) is 5.02. The first-order valence-corrected chi connectivity index (χ1v) is 14.0. The van der Waals surface area contributed by atoms with Crippen LogP contribution in [0.5, 0.6) is 0 Å². The number of hydrogen-bond donors (Lipinski definition) is 5. The lowest BCUT2D eigenvalue weighted by atomic mass is 9.76. The summed E-state index contributed by atoms with van der Waals surface area (Å²) in [6, 6.07) is 41.9. The van der Waals surface area contributed by atoms with Gasteiger partial charge in [0.05, 0.1) is 11.3 Å². The SMILES string of the molecule is CCNC(=N)c1cnc(NC(=O)NCc2ccccc2)cc1NC(c1ccccc1)(c1ccccc1)c1ccccc1. The van der Waals surface area contributed by atoms with E-state index in [0.717, 1.165) is 22.3 Å². The first-order valence-electron chi connectivity index (χ1n) is 14.0. The van der Waals surface area contributed by atoms with Crippen LogP contribution < -0.4 is 21.3 Å². The maximum Gasteiger partial charge on any atom is 0.320 e. The second-order valence-electron chi connectivity index (χ2n) is 9.79. The topological polar surface area (TPSA) is 102 Å². The van der Waals surface area contributed by atoms with Gasteiger partial charge in [0.2, 0.25) is 0 Å². The molecule has 0 fully saturated rings. The van der Waals surface area contributed by atoms with Crippen LogP contribution in [0.4, 0.5) is 16.3 Å². The summed E-state index contributed by atoms with van der Waals surface area (Å²) in [5, 5.41) is 21.5. The van der Waals surface area contributed by atoms with E-state index in [1.807, 2.05) is 91.9 Å². The molecule has 0 bridgehead atoms. The van der Waals surface area contributed by atoms with Crippen molar-refractivity contribution >= 4 is 23.4 Å². The van der Waals surface area contributed by atoms with Crippen molar-refractivity contribution in [1.82, 2.24) is 15.6 Å². The van der Waals surface area contributed by atoms with Gasteiger partial charge >= 0.3 is 6.03 Å². The molecular formula is C35H34N6O. The quantitative estimate of drug-likeness (QED) is 0.0749. The first-order chi connectivity index (χ1) is 20.6. The van der Waals surface area contributed by atoms with E-state index in [9.17, 15) is 4.79 Å². The van der Waals surface area contributed by atoms with Crippen LogP contribution in [0.3, 0.4) is 0 Å². The molecule has 5 aromatic rings. The number of benzene rings is 4. The van der Waals surface area contributed by atoms with E-state index in [-0.39, 0.29) is 11.9 Å². The molecule has 4 aromatic carbocycles. The van der Waals surface area contributed by atoms with Crippen molar-refractivity contribution in [3.63, 3.8) is 0 Å². The van der Waals surface area contributed by atoms with Crippen molar-refractivity contribution in [3.05, 3.63) is 161 Å². The van der Waals surface area contributed by atoms with Gasteiger partial charge in [-0.05, 0) is 29.2 Å². The number of urea groups is 1. The molecule has 42 heavy (non-hydrogen) atoms. The lowest BCUT2D eigenvalue weighted by molar-refractivity contribution is 0.251. The summed E-state index contributed by atoms with van der Waals surface area (Å²) >= 11 is 0. The lowest BCUT2D eigenvalue weighted by Crippen LogP contribution is -2.39. The van der Waals surface area contributed by atoms with Gasteiger partial charge in [-0.2, -0.15) is 0 Å². The molecule has 210 valence electrons. The summed E-state index contributed by atoms with van der Waals surface area (Å²) in [6.07, 6.45) is 1.62. The Balaban J connectivity index is 1.59. The van der Waals surface area contributed by atoms with Crippen molar-refractivity contribution in [3.8, 4) is 0 Å². The van der Waals surface area contributed by atoms with Gasteiger partial charge in [-0.1, -0.05) is 121 Å². The molecule has 7 nitrogen and oxygen atoms in total. The lowest BCUT2D eigenvalue weighted by Gasteiger charge is -2.38. The fraction of sp³-hybridized carbons (Fsp3) is 0.114. The van der Waals surface area contributed by atoms with Gasteiger partial charge in [0.1, 0.15) is 17.2 Å². The molecule has 5 N–H and O–H groups in total. The van der Waals surface area contributed by atoms with Crippen LogP contribution >= 0.6 is 0 Å². The minimum atomic E-state index is -0.820. The zero-order chi connectivity index (χ0) is 29.2. The van der Waals surface area contributed by atoms with E-state index in [2.05, 4.69) is 62.6 Å². The highest BCUT2D eigenvalue weighted by molar-refractivity contribution is 6.02. The first kappa shape index (κ1) is 28.1. The Kier molecular flexibility index (Phi) is 8.89. The molecule has 7 heteroatoms. The maximum atomic E-state index is 12.8. The van der Waals surface area contributed by atoms with Crippen LogP contribution in [0.2, 0.25) is 0 Å². The molecule has 0 aliphatic rings. The number of carbonyl (C=O) groups excluding carboxylic acids is 1. The number of amidine groups is 1. The van der Waals surface area contributed by atoms with E-state index >= 15 is 0 Å². The average Bonchev–Trinajstić information content (AvgIpc) is 3.04. The Labute approximate surface area is 246 Å². The second kappa shape index (κ2) is 13.3. The summed E-state index contributed by atoms with van der Waals surface area (Å²) < 4.78 is 0. The number of hydrogen-bond acceptors (Lipinski definition) is 4. The van der Waals surface area contributed by atoms with Crippen molar-refractivity contribution in [1.29, 1.82) is 5.41 Å². The number of anilines is 2. The second-order valence-corrected chi connectivity index (χ2v) is 9.79. The molecule has 1 heterocycles. The average molecular weight is 555 g/mol. The number of rotatable bonds is 10. The van der Waals surface area contributed by atoms with Crippen LogP contribution in [-0.2, 0) is 12.1 Å². The maximum absolute atomic E-state index is 12.8. The summed E-state index contributed by atoms with van der Waals surface area (Å²) in [5.74, 6) is 0.592. The van der Waals surface area contributed by atoms with Gasteiger partial charge in [0.25, 0.3) is 0 Å². The molecule has 5 rings (SSSR count). The van der Waals surface area contributed by atoms with Crippen LogP contribution in [0.15, 0.2) is 134 Å². The monoisotopic (exact) mass is 554 g/mol. The predicted molar refractivity (Wildman–Crippen MR) is 170 cm³/mol. The highest BCUT2D eigenvalue weighted by Crippen LogP contribution is 2.41. The van der Waals surface area contributed by atoms with E-state index < -0.39 is 5.54 Å². The molecule has 1 aromatic heterocycles. The van der Waals surface area contributed by atoms with Crippen LogP contribution in [0.25, 0.3) is 0 Å². The Hall–Kier alpha value is -5.43. The molecule has 0 spiro atoms. The molecule has 0 aliphatic carbocycles. The van der Waals surface area contributed by atoms with E-state index in [1.165, 1.54) is 0 Å². The number of nitrogens with one attached hydrogen (secondary N) is 5. The van der Waals surface area contributed by atoms with Crippen LogP contribution in [0.1, 0.15) is 34.7 Å². The highest BCUT2D eigenvalue weighted by atomic mass is 16.2. The molecule has 0 unspecified atom stereocenters. The predicted octanol–water partition coefficient (Wildman–Crippen LogP) is 6.74. The Morgan fingerprint density at radius 2 is 1.24 bits per heavy atom. The zero-order valence-corrected chi connectivity index (χ0v) is 23.5. The third-order valence-electron chi connectivity index (χ3n) is 7.01. The molecule has 0 radical (unpaired) electrons. The third-order valence-corrected chi connectivity index (χ3v) is 7.01. The van der Waals surface area contributed by atoms with E-state index in [0.29, 0.717) is 30.2 Å². The highest BCUT2D eigenvalue weighted by Gasteiger charge is 2.37. The van der Waals surface area contributed by atoms with Gasteiger partial charge in [-0.15, -0.1) is 0 Å². The summed E-state index contributed by atoms with van der Waals surface area (Å²) in [4.78, 5) is 17.3. The van der Waals surface area contributed by atoms with Gasteiger partial charge < -0.3 is 16.0 Å². The Morgan fingerprint density at radius 3 is 1.74 bits per heavy atom. The molecule has 2 amide bonds. The molecule has 0 saturated carbocycles. The van der Waals surface area contributed by atoms with Crippen LogP contribution in [0, 0.1) is 5.41 Å². The Morgan fingerprint density at radius 1 is 0.738 bits per heavy atom. The van der Waals surface area contributed by atoms with Gasteiger partial charge in [0, 0.05) is 25.4 Å². The van der Waals surface area contributed by atoms with Crippen LogP contribution in [-0.4, -0.2) is 23.4 Å². The summed E-state index contributed by atoms with van der Waals surface area (Å²) in [6.45, 7) is 2.92. The third kappa shape index (κ3) is 6.31. The van der Waals surface area contributed by atoms with Gasteiger partial charge in [0.15, 0.2) is 0 Å². The van der Waals surface area contributed by atoms with Gasteiger partial charge in [-0.3, -0.25) is 10.7 Å². The van der Waals surface area contributed by atoms with Crippen molar-refractivity contribution in [2.45, 2.75) is 19.0 Å². The molecule has 0 atom stereocenters. The van der Waals surface area contributed by atoms with E-state index in [4.69, 9.17) is 5.41 Å². The van der Waals surface area contributed by atoms with Crippen molar-refractivity contribution in [2.24, 2.45) is 0 Å². The van der Waals surface area contributed by atoms with Gasteiger partial charge in [-0.25, -0.2) is 9.78 Å². The number of amides is 2. The van der Waals surface area contributed by atoms with E-state index in [1.54, 1.807) is 12.3 Å². The normalized spacial score (nSPS) is 10.9. The standard InChI is InChI=1S/C35H34N6O/c1-2-37-33(36)30-25-38-32(40-34(42)39-24-26-15-7-3-8-16-26)23-31(30)41-35(27-17-9-4-10-18-27,28-19-11-5-12-20-28)29-21-13-6-14-22-29/h3-23,25H,2,24H2,1H3,(H2,36,37)(H3,38,39,40,41,42). The molecular weight excluding hydrogens is 520 g/mol. The number of carbonyl (C=O) groups is 1. The zero-order valence-electron chi connectivity index (χ0n) is 23.5. The smallest absolute Gasteiger partial charge is 0.320 e. The number of pyridine rings is 1. The summed E-state index contributed by atoms with van der Waals surface area (Å²) in [7, 11) is 0. The Bertz CT molecular complexity index is 1510. The van der Waals surface area contributed by atoms with Crippen molar-refractivity contribution < 1.29 is 4.79 Å². The molecule has 0 aliphatic heterocycles.